The fourth-order valence-corrected chi connectivity index (χ4v) is 2.92. The molecule has 78 valence electrons. The monoisotopic (exact) mass is 301 g/mol. The van der Waals surface area contributed by atoms with Crippen molar-refractivity contribution >= 4 is 54.8 Å². The molecular weight excluding hydrogens is 294 g/mol. The maximum atomic E-state index is 5.19. The molecule has 0 aliphatic carbocycles. The fourth-order valence-electron chi connectivity index (χ4n) is 1.33. The van der Waals surface area contributed by atoms with Crippen molar-refractivity contribution in [3.8, 4) is 5.75 Å². The zero-order valence-corrected chi connectivity index (χ0v) is 11.1. The molecule has 1 aliphatic heterocycles. The molecule has 0 amide bonds. The number of methoxy groups -OCH3 is 1. The Morgan fingerprint density at radius 1 is 1.53 bits per heavy atom. The predicted octanol–water partition coefficient (Wildman–Crippen LogP) is 3.83. The Kier molecular flexibility index (Phi) is 3.33. The largest absolute Gasteiger partial charge is 0.497 e. The van der Waals surface area contributed by atoms with Gasteiger partial charge in [0.15, 0.2) is 0 Å². The van der Waals surface area contributed by atoms with Gasteiger partial charge in [-0.15, -0.1) is 0 Å². The van der Waals surface area contributed by atoms with Crippen molar-refractivity contribution < 1.29 is 4.74 Å². The third-order valence-corrected chi connectivity index (χ3v) is 3.99. The quantitative estimate of drug-likeness (QED) is 0.796. The van der Waals surface area contributed by atoms with E-state index in [4.69, 9.17) is 17.0 Å². The summed E-state index contributed by atoms with van der Waals surface area (Å²) in [5, 5.41) is 3.15. The van der Waals surface area contributed by atoms with Gasteiger partial charge >= 0.3 is 0 Å². The van der Waals surface area contributed by atoms with Gasteiger partial charge in [0.1, 0.15) is 10.1 Å². The lowest BCUT2D eigenvalue weighted by molar-refractivity contribution is 0.415. The van der Waals surface area contributed by atoms with E-state index in [0.29, 0.717) is 0 Å². The van der Waals surface area contributed by atoms with Crippen LogP contribution in [0.2, 0.25) is 0 Å². The molecule has 0 saturated carbocycles. The van der Waals surface area contributed by atoms with Gasteiger partial charge < -0.3 is 10.1 Å². The molecule has 1 aromatic carbocycles. The number of fused-ring (bicyclic) bond motifs is 1. The average Bonchev–Trinajstić information content (AvgIpc) is 2.27. The van der Waals surface area contributed by atoms with Gasteiger partial charge in [0.2, 0.25) is 0 Å². The van der Waals surface area contributed by atoms with Gasteiger partial charge in [0.25, 0.3) is 0 Å². The minimum atomic E-state index is 0.762. The zero-order chi connectivity index (χ0) is 10.8. The second-order valence-electron chi connectivity index (χ2n) is 2.90. The number of nitrogens with one attached hydrogen (secondary N) is 1. The van der Waals surface area contributed by atoms with E-state index in [2.05, 4.69) is 21.2 Å². The Morgan fingerprint density at radius 2 is 2.33 bits per heavy atom. The summed E-state index contributed by atoms with van der Waals surface area (Å²) in [6, 6.07) is 5.87. The fraction of sp³-hybridized carbons (Fsp3) is 0.100. The van der Waals surface area contributed by atoms with E-state index >= 15 is 0 Å². The molecule has 0 radical (unpaired) electrons. The normalized spacial score (nSPS) is 17.2. The van der Waals surface area contributed by atoms with Gasteiger partial charge in [-0.05, 0) is 23.2 Å². The molecule has 0 aromatic heterocycles. The van der Waals surface area contributed by atoms with Gasteiger partial charge in [-0.2, -0.15) is 0 Å². The Labute approximate surface area is 106 Å². The summed E-state index contributed by atoms with van der Waals surface area (Å²) < 4.78 is 5.95. The molecule has 1 heterocycles. The highest BCUT2D eigenvalue weighted by atomic mass is 79.9. The van der Waals surface area contributed by atoms with Crippen molar-refractivity contribution in [1.82, 2.24) is 0 Å². The SMILES string of the molecule is COc1ccc2c(c1)/C(=C/Br)SC(=S)N2. The van der Waals surface area contributed by atoms with Crippen molar-refractivity contribution in [2.45, 2.75) is 0 Å². The molecule has 0 atom stereocenters. The Bertz CT molecular complexity index is 445. The second-order valence-corrected chi connectivity index (χ2v) is 5.08. The van der Waals surface area contributed by atoms with Crippen molar-refractivity contribution in [1.29, 1.82) is 0 Å². The summed E-state index contributed by atoms with van der Waals surface area (Å²) in [6.07, 6.45) is 0. The predicted molar refractivity (Wildman–Crippen MR) is 73.7 cm³/mol. The van der Waals surface area contributed by atoms with Crippen LogP contribution in [0.1, 0.15) is 5.56 Å². The Balaban J connectivity index is 2.52. The molecule has 15 heavy (non-hydrogen) atoms. The molecule has 0 saturated heterocycles. The Morgan fingerprint density at radius 3 is 3.00 bits per heavy atom. The number of hydrogen-bond acceptors (Lipinski definition) is 3. The summed E-state index contributed by atoms with van der Waals surface area (Å²) in [4.78, 5) is 2.97. The summed E-state index contributed by atoms with van der Waals surface area (Å²) in [5.74, 6) is 0.843. The molecule has 1 aliphatic rings. The van der Waals surface area contributed by atoms with Crippen molar-refractivity contribution in [2.24, 2.45) is 0 Å². The van der Waals surface area contributed by atoms with Gasteiger partial charge in [-0.25, -0.2) is 0 Å². The number of halogens is 1. The first-order valence-electron chi connectivity index (χ1n) is 4.22. The summed E-state index contributed by atoms with van der Waals surface area (Å²) in [6.45, 7) is 0. The van der Waals surface area contributed by atoms with E-state index in [1.54, 1.807) is 7.11 Å². The highest BCUT2D eigenvalue weighted by Gasteiger charge is 2.18. The van der Waals surface area contributed by atoms with Crippen LogP contribution in [0.5, 0.6) is 5.75 Å². The number of hydrogen-bond donors (Lipinski definition) is 1. The zero-order valence-electron chi connectivity index (χ0n) is 7.91. The molecule has 1 N–H and O–H groups in total. The van der Waals surface area contributed by atoms with Gasteiger partial charge in [0.05, 0.1) is 7.11 Å². The first-order chi connectivity index (χ1) is 7.24. The van der Waals surface area contributed by atoms with Crippen LogP contribution < -0.4 is 10.1 Å². The van der Waals surface area contributed by atoms with E-state index < -0.39 is 0 Å². The van der Waals surface area contributed by atoms with Crippen LogP contribution in [0, 0.1) is 0 Å². The van der Waals surface area contributed by atoms with Crippen LogP contribution in [-0.2, 0) is 0 Å². The van der Waals surface area contributed by atoms with Crippen molar-refractivity contribution in [2.75, 3.05) is 12.4 Å². The molecular formula is C10H8BrNOS2. The third-order valence-electron chi connectivity index (χ3n) is 2.03. The molecule has 5 heteroatoms. The summed E-state index contributed by atoms with van der Waals surface area (Å²) in [5.41, 5.74) is 2.12. The van der Waals surface area contributed by atoms with Gasteiger partial charge in [0, 0.05) is 16.2 Å². The highest BCUT2D eigenvalue weighted by molar-refractivity contribution is 9.11. The number of ether oxygens (including phenoxy) is 1. The molecule has 1 aromatic rings. The first kappa shape index (κ1) is 11.0. The standard InChI is InChI=1S/C10H8BrNOS2/c1-13-6-2-3-8-7(4-6)9(5-11)15-10(14)12-8/h2-5H,1H3,(H,12,14)/b9-5-. The van der Waals surface area contributed by atoms with Gasteiger partial charge in [-0.3, -0.25) is 0 Å². The van der Waals surface area contributed by atoms with E-state index in [0.717, 1.165) is 26.2 Å². The maximum absolute atomic E-state index is 5.19. The van der Waals surface area contributed by atoms with E-state index in [-0.39, 0.29) is 0 Å². The van der Waals surface area contributed by atoms with Crippen LogP contribution in [-0.4, -0.2) is 11.4 Å². The Hall–Kier alpha value is -0.520. The summed E-state index contributed by atoms with van der Waals surface area (Å²) >= 11 is 10.0. The van der Waals surface area contributed by atoms with Gasteiger partial charge in [-0.1, -0.05) is 39.9 Å². The minimum absolute atomic E-state index is 0.762. The molecule has 0 fully saturated rings. The lowest BCUT2D eigenvalue weighted by atomic mass is 10.1. The van der Waals surface area contributed by atoms with Crippen LogP contribution in [0.15, 0.2) is 23.2 Å². The van der Waals surface area contributed by atoms with Crippen molar-refractivity contribution in [3.05, 3.63) is 28.7 Å². The minimum Gasteiger partial charge on any atom is -0.497 e. The number of anilines is 1. The lowest BCUT2D eigenvalue weighted by Crippen LogP contribution is -2.11. The van der Waals surface area contributed by atoms with E-state index in [1.165, 1.54) is 11.8 Å². The second kappa shape index (κ2) is 4.55. The maximum Gasteiger partial charge on any atom is 0.143 e. The van der Waals surface area contributed by atoms with Crippen LogP contribution >= 0.6 is 39.9 Å². The molecule has 2 nitrogen and oxygen atoms in total. The third kappa shape index (κ3) is 2.19. The van der Waals surface area contributed by atoms with Crippen LogP contribution in [0.25, 0.3) is 4.91 Å². The molecule has 0 bridgehead atoms. The average molecular weight is 302 g/mol. The highest BCUT2D eigenvalue weighted by Crippen LogP contribution is 2.40. The van der Waals surface area contributed by atoms with E-state index in [9.17, 15) is 0 Å². The first-order valence-corrected chi connectivity index (χ1v) is 6.36. The molecule has 0 spiro atoms. The number of rotatable bonds is 1. The topological polar surface area (TPSA) is 21.3 Å². The smallest absolute Gasteiger partial charge is 0.143 e. The lowest BCUT2D eigenvalue weighted by Gasteiger charge is -2.20. The molecule has 0 unspecified atom stereocenters. The van der Waals surface area contributed by atoms with Crippen LogP contribution in [0.4, 0.5) is 5.69 Å². The number of thioether (sulfide) groups is 1. The van der Waals surface area contributed by atoms with Crippen LogP contribution in [0.3, 0.4) is 0 Å². The van der Waals surface area contributed by atoms with Crippen molar-refractivity contribution in [3.63, 3.8) is 0 Å². The summed E-state index contributed by atoms with van der Waals surface area (Å²) in [7, 11) is 1.66. The van der Waals surface area contributed by atoms with E-state index in [1.807, 2.05) is 23.2 Å². The number of thiocarbonyl (C=S) groups is 1. The molecule has 2 rings (SSSR count). The number of benzene rings is 1.